The predicted molar refractivity (Wildman–Crippen MR) is 254 cm³/mol. The van der Waals surface area contributed by atoms with Crippen LogP contribution >= 0.6 is 11.3 Å². The van der Waals surface area contributed by atoms with Crippen LogP contribution in [0.1, 0.15) is 29.9 Å². The Hall–Kier alpha value is -7.08. The predicted octanol–water partition coefficient (Wildman–Crippen LogP) is 14.5. The Morgan fingerprint density at radius 2 is 1.52 bits per heavy atom. The minimum Gasteiger partial charge on any atom is -0.454 e. The summed E-state index contributed by atoms with van der Waals surface area (Å²) in [7, 11) is 0. The van der Waals surface area contributed by atoms with Gasteiger partial charge in [0.05, 0.1) is 27.6 Å². The Bertz CT molecular complexity index is 3390. The number of anilines is 1. The van der Waals surface area contributed by atoms with Gasteiger partial charge in [-0.2, -0.15) is 0 Å². The molecule has 4 atom stereocenters. The molecule has 1 aliphatic heterocycles. The van der Waals surface area contributed by atoms with Crippen LogP contribution in [0.25, 0.3) is 70.5 Å². The summed E-state index contributed by atoms with van der Waals surface area (Å²) in [6.45, 7) is 0. The van der Waals surface area contributed by atoms with E-state index < -0.39 is 0 Å². The van der Waals surface area contributed by atoms with Crippen molar-refractivity contribution >= 4 is 64.8 Å². The number of hydrogen-bond acceptors (Lipinski definition) is 5. The van der Waals surface area contributed by atoms with Crippen LogP contribution in [0.3, 0.4) is 0 Å². The Morgan fingerprint density at radius 1 is 0.689 bits per heavy atom. The maximum absolute atomic E-state index is 7.03. The fraction of sp³-hybridized carbons (Fsp3) is 0.107. The van der Waals surface area contributed by atoms with E-state index in [1.165, 1.54) is 38.2 Å². The highest BCUT2D eigenvalue weighted by Crippen LogP contribution is 2.52. The van der Waals surface area contributed by atoms with E-state index in [4.69, 9.17) is 14.4 Å². The minimum atomic E-state index is 0.123. The molecule has 4 aliphatic carbocycles. The van der Waals surface area contributed by atoms with E-state index in [0.717, 1.165) is 72.9 Å². The minimum absolute atomic E-state index is 0.123. The summed E-state index contributed by atoms with van der Waals surface area (Å²) < 4.78 is 9.35. The Balaban J connectivity index is 0.974. The van der Waals surface area contributed by atoms with Crippen molar-refractivity contribution in [2.75, 3.05) is 4.90 Å². The van der Waals surface area contributed by atoms with E-state index in [1.807, 2.05) is 0 Å². The summed E-state index contributed by atoms with van der Waals surface area (Å²) in [5.41, 5.74) is 14.8. The van der Waals surface area contributed by atoms with Crippen LogP contribution in [-0.4, -0.2) is 16.0 Å². The normalized spacial score (nSPS) is 21.4. The molecule has 0 radical (unpaired) electrons. The lowest BCUT2D eigenvalue weighted by Crippen LogP contribution is -2.33. The van der Waals surface area contributed by atoms with E-state index >= 15 is 0 Å². The van der Waals surface area contributed by atoms with E-state index in [-0.39, 0.29) is 12.0 Å². The second-order valence-electron chi connectivity index (χ2n) is 16.7. The summed E-state index contributed by atoms with van der Waals surface area (Å²) >= 11 is 1.77. The zero-order valence-corrected chi connectivity index (χ0v) is 34.1. The average Bonchev–Trinajstić information content (AvgIpc) is 4.00. The standard InChI is InChI=1S/C56H39N3OS/c1-3-13-34(14-4-1)36-25-27-37(28-26-36)52-55-53(41-19-9-10-24-50(41)61-55)58-56(57-52)43-21-12-23-49-51(43)42-20-11-22-47(54(42)60-49)59-46-30-29-40(35-15-5-2-6-16-35)32-44(46)45-31-38-17-7-8-18-39(38)33-48(45)59/h1-13,15-32,34,39,44,46H,14,33H2. The second-order valence-corrected chi connectivity index (χ2v) is 17.8. The van der Waals surface area contributed by atoms with Crippen molar-refractivity contribution in [2.45, 2.75) is 24.8 Å². The highest BCUT2D eigenvalue weighted by atomic mass is 32.1. The van der Waals surface area contributed by atoms with Gasteiger partial charge in [-0.3, -0.25) is 0 Å². The number of fused-ring (bicyclic) bond motifs is 9. The molecule has 0 saturated heterocycles. The van der Waals surface area contributed by atoms with E-state index in [9.17, 15) is 0 Å². The zero-order valence-electron chi connectivity index (χ0n) is 33.3. The van der Waals surface area contributed by atoms with Gasteiger partial charge in [0.25, 0.3) is 0 Å². The molecular formula is C56H39N3OS. The number of furan rings is 1. The molecule has 290 valence electrons. The molecule has 0 saturated carbocycles. The molecule has 5 aliphatic rings. The van der Waals surface area contributed by atoms with Gasteiger partial charge in [0, 0.05) is 55.4 Å². The van der Waals surface area contributed by atoms with Crippen LogP contribution in [0.4, 0.5) is 5.69 Å². The monoisotopic (exact) mass is 801 g/mol. The highest BCUT2D eigenvalue weighted by molar-refractivity contribution is 7.26. The molecule has 0 spiro atoms. The van der Waals surface area contributed by atoms with Gasteiger partial charge in [-0.25, -0.2) is 9.97 Å². The number of hydrogen-bond donors (Lipinski definition) is 0. The highest BCUT2D eigenvalue weighted by Gasteiger charge is 2.43. The number of para-hydroxylation sites is 1. The molecule has 5 aromatic carbocycles. The Labute approximate surface area is 357 Å². The van der Waals surface area contributed by atoms with Gasteiger partial charge in [-0.1, -0.05) is 170 Å². The first-order valence-electron chi connectivity index (χ1n) is 21.4. The van der Waals surface area contributed by atoms with Gasteiger partial charge in [-0.15, -0.1) is 11.3 Å². The van der Waals surface area contributed by atoms with Crippen molar-refractivity contribution in [3.63, 3.8) is 0 Å². The molecule has 0 fully saturated rings. The smallest absolute Gasteiger partial charge is 0.161 e. The molecular weight excluding hydrogens is 763 g/mol. The third kappa shape index (κ3) is 5.50. The molecule has 8 aromatic rings. The maximum Gasteiger partial charge on any atom is 0.161 e. The van der Waals surface area contributed by atoms with Gasteiger partial charge >= 0.3 is 0 Å². The third-order valence-corrected chi connectivity index (χ3v) is 14.5. The molecule has 61 heavy (non-hydrogen) atoms. The SMILES string of the molecule is C1=CCC(c2ccc(-c3nc(-c4cccc5oc6c(N7C8=C(C=C9C=CC=CC9C8)C8C=C(c9ccccc9)C=CC87)cccc6c45)nc4c3sc3ccccc34)cc2)C=C1. The van der Waals surface area contributed by atoms with Crippen molar-refractivity contribution in [2.24, 2.45) is 11.8 Å². The largest absolute Gasteiger partial charge is 0.454 e. The van der Waals surface area contributed by atoms with Crippen LogP contribution in [0, 0.1) is 11.8 Å². The first kappa shape index (κ1) is 34.8. The number of aromatic nitrogens is 2. The molecule has 4 nitrogen and oxygen atoms in total. The third-order valence-electron chi connectivity index (χ3n) is 13.3. The topological polar surface area (TPSA) is 42.2 Å². The zero-order chi connectivity index (χ0) is 40.0. The van der Waals surface area contributed by atoms with Gasteiger partial charge in [0.15, 0.2) is 11.4 Å². The van der Waals surface area contributed by atoms with Crippen LogP contribution in [0.2, 0.25) is 0 Å². The molecule has 4 heterocycles. The lowest BCUT2D eigenvalue weighted by molar-refractivity contribution is 0.649. The van der Waals surface area contributed by atoms with Crippen LogP contribution in [-0.2, 0) is 0 Å². The van der Waals surface area contributed by atoms with E-state index in [1.54, 1.807) is 11.3 Å². The van der Waals surface area contributed by atoms with E-state index in [0.29, 0.717) is 17.7 Å². The molecule has 0 bridgehead atoms. The van der Waals surface area contributed by atoms with Gasteiger partial charge in [0.1, 0.15) is 5.58 Å². The number of allylic oxidation sites excluding steroid dienone is 13. The molecule has 3 aromatic heterocycles. The lowest BCUT2D eigenvalue weighted by Gasteiger charge is -2.33. The van der Waals surface area contributed by atoms with Crippen molar-refractivity contribution < 1.29 is 4.42 Å². The molecule has 5 heteroatoms. The van der Waals surface area contributed by atoms with Crippen LogP contribution < -0.4 is 4.90 Å². The number of nitrogens with zero attached hydrogens (tertiary/aromatic N) is 3. The summed E-state index contributed by atoms with van der Waals surface area (Å²) in [5, 5.41) is 3.26. The van der Waals surface area contributed by atoms with Gasteiger partial charge in [-0.05, 0) is 58.9 Å². The number of benzene rings is 5. The van der Waals surface area contributed by atoms with Gasteiger partial charge in [0.2, 0.25) is 0 Å². The first-order valence-corrected chi connectivity index (χ1v) is 22.2. The summed E-state index contributed by atoms with van der Waals surface area (Å²) in [6.07, 6.45) is 29.5. The van der Waals surface area contributed by atoms with E-state index in [2.05, 4.69) is 193 Å². The first-order chi connectivity index (χ1) is 30.2. The lowest BCUT2D eigenvalue weighted by atomic mass is 9.79. The second kappa shape index (κ2) is 13.7. The Morgan fingerprint density at radius 3 is 2.43 bits per heavy atom. The average molecular weight is 802 g/mol. The fourth-order valence-corrected chi connectivity index (χ4v) is 11.5. The van der Waals surface area contributed by atoms with Crippen molar-refractivity contribution in [1.82, 2.24) is 9.97 Å². The molecule has 4 unspecified atom stereocenters. The van der Waals surface area contributed by atoms with Crippen molar-refractivity contribution in [3.8, 4) is 22.6 Å². The van der Waals surface area contributed by atoms with Gasteiger partial charge < -0.3 is 9.32 Å². The summed E-state index contributed by atoms with van der Waals surface area (Å²) in [6, 6.07) is 41.5. The van der Waals surface area contributed by atoms with Crippen LogP contribution in [0.5, 0.6) is 0 Å². The molecule has 13 rings (SSSR count). The van der Waals surface area contributed by atoms with Crippen LogP contribution in [0.15, 0.2) is 209 Å². The number of rotatable bonds is 5. The van der Waals surface area contributed by atoms with Crippen molar-refractivity contribution in [3.05, 3.63) is 216 Å². The number of thiophene rings is 1. The summed E-state index contributed by atoms with van der Waals surface area (Å²) in [4.78, 5) is 13.5. The maximum atomic E-state index is 7.03. The summed E-state index contributed by atoms with van der Waals surface area (Å²) in [5.74, 6) is 1.65. The molecule has 0 amide bonds. The fourth-order valence-electron chi connectivity index (χ4n) is 10.4. The van der Waals surface area contributed by atoms with Crippen molar-refractivity contribution in [1.29, 1.82) is 0 Å². The Kier molecular flexibility index (Phi) is 7.82. The quantitative estimate of drug-likeness (QED) is 0.174. The molecule has 0 N–H and O–H groups in total.